The first-order valence-electron chi connectivity index (χ1n) is 3.38. The molecule has 70 valence electrons. The van der Waals surface area contributed by atoms with Gasteiger partial charge in [0.05, 0.1) is 13.2 Å². The highest BCUT2D eigenvalue weighted by Crippen LogP contribution is 2.25. The summed E-state index contributed by atoms with van der Waals surface area (Å²) in [6.07, 6.45) is 0. The second kappa shape index (κ2) is 7.30. The molecule has 0 aromatic carbocycles. The largest absolute Gasteiger partial charge is 0.457 e. The summed E-state index contributed by atoms with van der Waals surface area (Å²) in [5.41, 5.74) is 0. The Kier molecular flexibility index (Phi) is 7.08. The summed E-state index contributed by atoms with van der Waals surface area (Å²) in [6.45, 7) is 4.03. The van der Waals surface area contributed by atoms with Crippen LogP contribution >= 0.6 is 21.6 Å². The summed E-state index contributed by atoms with van der Waals surface area (Å²) < 4.78 is 9.13. The summed E-state index contributed by atoms with van der Waals surface area (Å²) in [7, 11) is 1.46. The maximum absolute atomic E-state index is 10.7. The van der Waals surface area contributed by atoms with Crippen molar-refractivity contribution in [1.29, 1.82) is 0 Å². The number of rotatable bonds is 2. The average Bonchev–Trinajstić information content (AvgIpc) is 2.02. The molecule has 0 aliphatic heterocycles. The Balaban J connectivity index is 3.40. The van der Waals surface area contributed by atoms with Crippen LogP contribution in [0.25, 0.3) is 0 Å². The predicted molar refractivity (Wildman–Crippen MR) is 49.2 cm³/mol. The van der Waals surface area contributed by atoms with Crippen molar-refractivity contribution >= 4 is 32.2 Å². The standard InChI is InChI=1S/C6H10O4S2/c1-3-9-5(7)11-12-6(8)10-4-2/h3-4H2,1-2H3. The van der Waals surface area contributed by atoms with Gasteiger partial charge in [-0.15, -0.1) is 0 Å². The second-order valence-corrected chi connectivity index (χ2v) is 3.53. The van der Waals surface area contributed by atoms with Crippen molar-refractivity contribution in [3.05, 3.63) is 0 Å². The van der Waals surface area contributed by atoms with Gasteiger partial charge in [0.25, 0.3) is 0 Å². The van der Waals surface area contributed by atoms with Crippen LogP contribution in [0.15, 0.2) is 0 Å². The van der Waals surface area contributed by atoms with Crippen molar-refractivity contribution in [2.75, 3.05) is 13.2 Å². The van der Waals surface area contributed by atoms with Crippen molar-refractivity contribution in [3.63, 3.8) is 0 Å². The highest BCUT2D eigenvalue weighted by molar-refractivity contribution is 8.86. The smallest absolute Gasteiger partial charge is 0.378 e. The Hall–Kier alpha value is -0.360. The molecule has 0 aliphatic carbocycles. The summed E-state index contributed by atoms with van der Waals surface area (Å²) >= 11 is 0. The SMILES string of the molecule is CCOC(=O)SSC(=O)OCC. The Morgan fingerprint density at radius 3 is 1.58 bits per heavy atom. The third-order valence-corrected chi connectivity index (χ3v) is 2.36. The van der Waals surface area contributed by atoms with Gasteiger partial charge in [0, 0.05) is 21.6 Å². The van der Waals surface area contributed by atoms with Gasteiger partial charge in [0.1, 0.15) is 0 Å². The van der Waals surface area contributed by atoms with Crippen LogP contribution in [0.4, 0.5) is 9.59 Å². The Labute approximate surface area is 78.8 Å². The number of hydrogen-bond donors (Lipinski definition) is 0. The van der Waals surface area contributed by atoms with Crippen molar-refractivity contribution in [2.24, 2.45) is 0 Å². The third-order valence-electron chi connectivity index (χ3n) is 0.702. The fraction of sp³-hybridized carbons (Fsp3) is 0.667. The lowest BCUT2D eigenvalue weighted by atomic mass is 10.9. The van der Waals surface area contributed by atoms with Gasteiger partial charge in [-0.3, -0.25) is 0 Å². The molecule has 0 saturated heterocycles. The second-order valence-electron chi connectivity index (χ2n) is 1.53. The van der Waals surface area contributed by atoms with E-state index in [2.05, 4.69) is 9.47 Å². The Morgan fingerprint density at radius 1 is 1.00 bits per heavy atom. The minimum atomic E-state index is -0.476. The molecule has 0 rings (SSSR count). The molecule has 0 atom stereocenters. The average molecular weight is 210 g/mol. The van der Waals surface area contributed by atoms with Crippen LogP contribution in [0.2, 0.25) is 0 Å². The first-order chi connectivity index (χ1) is 5.70. The lowest BCUT2D eigenvalue weighted by molar-refractivity contribution is 0.180. The molecule has 4 nitrogen and oxygen atoms in total. The molecule has 0 heterocycles. The molecule has 0 saturated carbocycles. The molecule has 0 N–H and O–H groups in total. The van der Waals surface area contributed by atoms with Crippen LogP contribution in [0.1, 0.15) is 13.8 Å². The van der Waals surface area contributed by atoms with E-state index in [1.165, 1.54) is 0 Å². The lowest BCUT2D eigenvalue weighted by Crippen LogP contribution is -1.97. The van der Waals surface area contributed by atoms with E-state index in [0.29, 0.717) is 13.2 Å². The van der Waals surface area contributed by atoms with Gasteiger partial charge < -0.3 is 9.47 Å². The van der Waals surface area contributed by atoms with Crippen LogP contribution in [0.5, 0.6) is 0 Å². The molecule has 6 heteroatoms. The minimum Gasteiger partial charge on any atom is -0.457 e. The van der Waals surface area contributed by atoms with E-state index in [1.54, 1.807) is 13.8 Å². The topological polar surface area (TPSA) is 52.6 Å². The van der Waals surface area contributed by atoms with Crippen LogP contribution in [0, 0.1) is 0 Å². The molecule has 12 heavy (non-hydrogen) atoms. The van der Waals surface area contributed by atoms with E-state index in [1.807, 2.05) is 0 Å². The molecule has 0 amide bonds. The fourth-order valence-electron chi connectivity index (χ4n) is 0.352. The lowest BCUT2D eigenvalue weighted by Gasteiger charge is -1.99. The highest BCUT2D eigenvalue weighted by Gasteiger charge is 2.09. The molecule has 0 aliphatic rings. The highest BCUT2D eigenvalue weighted by atomic mass is 33.1. The van der Waals surface area contributed by atoms with E-state index in [4.69, 9.17) is 0 Å². The number of carbonyl (C=O) groups excluding carboxylic acids is 2. The Morgan fingerprint density at radius 2 is 1.33 bits per heavy atom. The first kappa shape index (κ1) is 11.6. The zero-order valence-corrected chi connectivity index (χ0v) is 8.50. The van der Waals surface area contributed by atoms with Crippen molar-refractivity contribution in [3.8, 4) is 0 Å². The molecule has 0 unspecified atom stereocenters. The number of hydrogen-bond acceptors (Lipinski definition) is 6. The predicted octanol–water partition coefficient (Wildman–Crippen LogP) is 2.68. The van der Waals surface area contributed by atoms with E-state index >= 15 is 0 Å². The molecule has 0 aromatic rings. The summed E-state index contributed by atoms with van der Waals surface area (Å²) in [5, 5.41) is -0.953. The minimum absolute atomic E-state index is 0.315. The van der Waals surface area contributed by atoms with Crippen LogP contribution in [0.3, 0.4) is 0 Å². The van der Waals surface area contributed by atoms with Crippen molar-refractivity contribution < 1.29 is 19.1 Å². The molecule has 0 fully saturated rings. The van der Waals surface area contributed by atoms with Crippen molar-refractivity contribution in [2.45, 2.75) is 13.8 Å². The van der Waals surface area contributed by atoms with Gasteiger partial charge in [-0.05, 0) is 13.8 Å². The van der Waals surface area contributed by atoms with Gasteiger partial charge in [-0.25, -0.2) is 9.59 Å². The zero-order chi connectivity index (χ0) is 9.40. The Bertz CT molecular complexity index is 142. The normalized spacial score (nSPS) is 9.17. The van der Waals surface area contributed by atoms with E-state index in [-0.39, 0.29) is 0 Å². The maximum atomic E-state index is 10.7. The molecule has 0 bridgehead atoms. The molecule has 0 aromatic heterocycles. The van der Waals surface area contributed by atoms with E-state index in [0.717, 1.165) is 21.6 Å². The van der Waals surface area contributed by atoms with Crippen LogP contribution < -0.4 is 0 Å². The summed E-state index contributed by atoms with van der Waals surface area (Å²) in [6, 6.07) is 0. The van der Waals surface area contributed by atoms with E-state index < -0.39 is 10.6 Å². The molecular weight excluding hydrogens is 200 g/mol. The number of carbonyl (C=O) groups is 2. The van der Waals surface area contributed by atoms with Crippen LogP contribution in [-0.4, -0.2) is 23.8 Å². The molecule has 0 spiro atoms. The third kappa shape index (κ3) is 6.36. The zero-order valence-electron chi connectivity index (χ0n) is 6.86. The van der Waals surface area contributed by atoms with Gasteiger partial charge in [-0.1, -0.05) is 0 Å². The van der Waals surface area contributed by atoms with Gasteiger partial charge in [0.2, 0.25) is 0 Å². The van der Waals surface area contributed by atoms with Gasteiger partial charge in [0.15, 0.2) is 0 Å². The quantitative estimate of drug-likeness (QED) is 0.516. The molecular formula is C6H10O4S2. The molecule has 0 radical (unpaired) electrons. The van der Waals surface area contributed by atoms with Crippen molar-refractivity contribution in [1.82, 2.24) is 0 Å². The van der Waals surface area contributed by atoms with Gasteiger partial charge >= 0.3 is 10.6 Å². The summed E-state index contributed by atoms with van der Waals surface area (Å²) in [4.78, 5) is 21.3. The maximum Gasteiger partial charge on any atom is 0.378 e. The summed E-state index contributed by atoms with van der Waals surface area (Å²) in [5.74, 6) is 0. The van der Waals surface area contributed by atoms with E-state index in [9.17, 15) is 9.59 Å². The number of ether oxygens (including phenoxy) is 2. The monoisotopic (exact) mass is 210 g/mol. The van der Waals surface area contributed by atoms with Gasteiger partial charge in [-0.2, -0.15) is 0 Å². The first-order valence-corrected chi connectivity index (χ1v) is 5.53. The van der Waals surface area contributed by atoms with Crippen LogP contribution in [-0.2, 0) is 9.47 Å². The fourth-order valence-corrected chi connectivity index (χ4v) is 1.52.